The quantitative estimate of drug-likeness (QED) is 0.433. The third kappa shape index (κ3) is 6.99. The second kappa shape index (κ2) is 10.5. The Bertz CT molecular complexity index is 936. The molecule has 0 fully saturated rings. The number of rotatable bonds is 9. The molecule has 3 aromatic rings. The molecule has 29 heavy (non-hydrogen) atoms. The molecule has 0 spiro atoms. The van der Waals surface area contributed by atoms with Gasteiger partial charge in [-0.3, -0.25) is 9.59 Å². The summed E-state index contributed by atoms with van der Waals surface area (Å²) in [4.78, 5) is 23.6. The Morgan fingerprint density at radius 3 is 2.48 bits per heavy atom. The fraction of sp³-hybridized carbons (Fsp3) is 0.136. The minimum atomic E-state index is -0.242. The first-order valence-electron chi connectivity index (χ1n) is 9.07. The Labute approximate surface area is 168 Å². The lowest BCUT2D eigenvalue weighted by atomic mass is 10.1. The van der Waals surface area contributed by atoms with Crippen LogP contribution in [0.25, 0.3) is 0 Å². The van der Waals surface area contributed by atoms with Crippen molar-refractivity contribution in [1.82, 2.24) is 10.7 Å². The molecule has 0 aliphatic heterocycles. The first-order valence-corrected chi connectivity index (χ1v) is 9.07. The highest BCUT2D eigenvalue weighted by Crippen LogP contribution is 2.11. The molecule has 0 aliphatic carbocycles. The van der Waals surface area contributed by atoms with Crippen molar-refractivity contribution in [3.8, 4) is 5.75 Å². The fourth-order valence-corrected chi connectivity index (χ4v) is 2.45. The van der Waals surface area contributed by atoms with Gasteiger partial charge < -0.3 is 14.5 Å². The highest BCUT2D eigenvalue weighted by Gasteiger charge is 2.04. The Balaban J connectivity index is 1.38. The number of carbonyl (C=O) groups is 2. The van der Waals surface area contributed by atoms with Crippen LogP contribution in [-0.4, -0.2) is 24.6 Å². The summed E-state index contributed by atoms with van der Waals surface area (Å²) in [5, 5.41) is 6.66. The topological polar surface area (TPSA) is 92.9 Å². The van der Waals surface area contributed by atoms with Crippen molar-refractivity contribution in [1.29, 1.82) is 0 Å². The normalized spacial score (nSPS) is 10.6. The van der Waals surface area contributed by atoms with Crippen LogP contribution in [0.2, 0.25) is 0 Å². The van der Waals surface area contributed by atoms with E-state index in [1.54, 1.807) is 48.9 Å². The number of hydrogen-bond acceptors (Lipinski definition) is 5. The van der Waals surface area contributed by atoms with E-state index in [0.717, 1.165) is 11.1 Å². The third-order valence-electron chi connectivity index (χ3n) is 3.90. The number of hydrazone groups is 1. The summed E-state index contributed by atoms with van der Waals surface area (Å²) in [5.74, 6) is 0.808. The maximum absolute atomic E-state index is 11.8. The molecule has 7 heteroatoms. The summed E-state index contributed by atoms with van der Waals surface area (Å²) < 4.78 is 10.6. The van der Waals surface area contributed by atoms with Crippen LogP contribution in [0.15, 0.2) is 82.5 Å². The minimum absolute atomic E-state index is 0.0936. The molecule has 0 saturated heterocycles. The Morgan fingerprint density at radius 1 is 0.966 bits per heavy atom. The molecule has 2 N–H and O–H groups in total. The molecule has 7 nitrogen and oxygen atoms in total. The largest absolute Gasteiger partial charge is 0.484 e. The van der Waals surface area contributed by atoms with Crippen molar-refractivity contribution in [2.75, 3.05) is 6.61 Å². The van der Waals surface area contributed by atoms with Crippen molar-refractivity contribution < 1.29 is 18.7 Å². The highest BCUT2D eigenvalue weighted by molar-refractivity contribution is 5.83. The summed E-state index contributed by atoms with van der Waals surface area (Å²) in [5.41, 5.74) is 4.22. The van der Waals surface area contributed by atoms with Gasteiger partial charge >= 0.3 is 0 Å². The van der Waals surface area contributed by atoms with Gasteiger partial charge in [0.25, 0.3) is 5.91 Å². The van der Waals surface area contributed by atoms with Gasteiger partial charge in [0.2, 0.25) is 5.91 Å². The molecule has 0 atom stereocenters. The van der Waals surface area contributed by atoms with Crippen LogP contribution in [0.5, 0.6) is 5.75 Å². The molecule has 2 aromatic carbocycles. The van der Waals surface area contributed by atoms with Gasteiger partial charge in [0, 0.05) is 0 Å². The van der Waals surface area contributed by atoms with E-state index in [-0.39, 0.29) is 24.8 Å². The van der Waals surface area contributed by atoms with Crippen LogP contribution in [0, 0.1) is 0 Å². The van der Waals surface area contributed by atoms with Crippen molar-refractivity contribution in [2.45, 2.75) is 13.0 Å². The predicted octanol–water partition coefficient (Wildman–Crippen LogP) is 2.67. The minimum Gasteiger partial charge on any atom is -0.484 e. The Hall–Kier alpha value is -3.87. The van der Waals surface area contributed by atoms with Gasteiger partial charge in [-0.1, -0.05) is 30.3 Å². The molecule has 0 unspecified atom stereocenters. The average molecular weight is 391 g/mol. The zero-order valence-electron chi connectivity index (χ0n) is 15.7. The zero-order valence-corrected chi connectivity index (χ0v) is 15.7. The third-order valence-corrected chi connectivity index (χ3v) is 3.90. The molecule has 1 heterocycles. The second-order valence-electron chi connectivity index (χ2n) is 6.17. The van der Waals surface area contributed by atoms with E-state index in [1.165, 1.54) is 0 Å². The van der Waals surface area contributed by atoms with Crippen molar-refractivity contribution in [2.24, 2.45) is 5.10 Å². The van der Waals surface area contributed by atoms with E-state index in [1.807, 2.05) is 30.3 Å². The highest BCUT2D eigenvalue weighted by atomic mass is 16.5. The molecular formula is C22H21N3O4. The standard InChI is InChI=1S/C22H21N3O4/c26-21(13-17-5-2-1-3-6-17)25-24-14-18-8-10-19(11-9-18)29-16-22(27)23-15-20-7-4-12-28-20/h1-12,14H,13,15-16H2,(H,23,27)(H,25,26)/b24-14+. The molecule has 148 valence electrons. The SMILES string of the molecule is O=C(COc1ccc(/C=N/NC(=O)Cc2ccccc2)cc1)NCc1ccco1. The number of benzene rings is 2. The molecule has 3 rings (SSSR count). The molecule has 0 bridgehead atoms. The van der Waals surface area contributed by atoms with E-state index in [0.29, 0.717) is 18.1 Å². The van der Waals surface area contributed by atoms with E-state index in [2.05, 4.69) is 15.8 Å². The molecule has 2 amide bonds. The van der Waals surface area contributed by atoms with Crippen LogP contribution in [0.4, 0.5) is 0 Å². The van der Waals surface area contributed by atoms with Gasteiger partial charge in [-0.05, 0) is 47.5 Å². The average Bonchev–Trinajstić information content (AvgIpc) is 3.26. The summed E-state index contributed by atoms with van der Waals surface area (Å²) in [6, 6.07) is 20.0. The van der Waals surface area contributed by atoms with Crippen molar-refractivity contribution in [3.05, 3.63) is 89.9 Å². The molecule has 0 aliphatic rings. The summed E-state index contributed by atoms with van der Waals surface area (Å²) >= 11 is 0. The van der Waals surface area contributed by atoms with Gasteiger partial charge in [-0.2, -0.15) is 5.10 Å². The molecule has 0 saturated carbocycles. The van der Waals surface area contributed by atoms with Gasteiger partial charge in [-0.25, -0.2) is 5.43 Å². The number of ether oxygens (including phenoxy) is 1. The van der Waals surface area contributed by atoms with Gasteiger partial charge in [0.15, 0.2) is 6.61 Å². The Morgan fingerprint density at radius 2 is 1.76 bits per heavy atom. The van der Waals surface area contributed by atoms with Gasteiger partial charge in [0.05, 0.1) is 25.4 Å². The molecule has 0 radical (unpaired) electrons. The lowest BCUT2D eigenvalue weighted by Crippen LogP contribution is -2.28. The molecular weight excluding hydrogens is 370 g/mol. The second-order valence-corrected chi connectivity index (χ2v) is 6.17. The first-order chi connectivity index (χ1) is 14.2. The number of carbonyl (C=O) groups excluding carboxylic acids is 2. The Kier molecular flexibility index (Phi) is 7.17. The summed E-state index contributed by atoms with van der Waals surface area (Å²) in [6.07, 6.45) is 3.37. The monoisotopic (exact) mass is 391 g/mol. The van der Waals surface area contributed by atoms with Crippen molar-refractivity contribution >= 4 is 18.0 Å². The summed E-state index contributed by atoms with van der Waals surface area (Å²) in [6.45, 7) is 0.226. The fourth-order valence-electron chi connectivity index (χ4n) is 2.45. The van der Waals surface area contributed by atoms with Crippen molar-refractivity contribution in [3.63, 3.8) is 0 Å². The van der Waals surface area contributed by atoms with Gasteiger partial charge in [-0.15, -0.1) is 0 Å². The van der Waals surface area contributed by atoms with E-state index in [4.69, 9.17) is 9.15 Å². The predicted molar refractivity (Wildman–Crippen MR) is 108 cm³/mol. The maximum atomic E-state index is 11.8. The number of furan rings is 1. The number of amides is 2. The number of nitrogens with zero attached hydrogens (tertiary/aromatic N) is 1. The van der Waals surface area contributed by atoms with Gasteiger partial charge in [0.1, 0.15) is 11.5 Å². The van der Waals surface area contributed by atoms with Crippen LogP contribution in [-0.2, 0) is 22.6 Å². The lowest BCUT2D eigenvalue weighted by molar-refractivity contribution is -0.123. The maximum Gasteiger partial charge on any atom is 0.258 e. The zero-order chi connectivity index (χ0) is 20.3. The van der Waals surface area contributed by atoms with E-state index < -0.39 is 0 Å². The number of hydrogen-bond donors (Lipinski definition) is 2. The van der Waals surface area contributed by atoms with E-state index in [9.17, 15) is 9.59 Å². The van der Waals surface area contributed by atoms with Crippen LogP contribution >= 0.6 is 0 Å². The molecule has 1 aromatic heterocycles. The first kappa shape index (κ1) is 19.9. The summed E-state index contributed by atoms with van der Waals surface area (Å²) in [7, 11) is 0. The van der Waals surface area contributed by atoms with Crippen LogP contribution in [0.3, 0.4) is 0 Å². The lowest BCUT2D eigenvalue weighted by Gasteiger charge is -2.06. The van der Waals surface area contributed by atoms with Crippen LogP contribution < -0.4 is 15.5 Å². The smallest absolute Gasteiger partial charge is 0.258 e. The van der Waals surface area contributed by atoms with E-state index >= 15 is 0 Å². The van der Waals surface area contributed by atoms with Crippen LogP contribution in [0.1, 0.15) is 16.9 Å². The number of nitrogens with one attached hydrogen (secondary N) is 2.